The van der Waals surface area contributed by atoms with Gasteiger partial charge >= 0.3 is 5.97 Å². The molecular formula is C21H21Cl2NO4S. The minimum Gasteiger partial charge on any atom is -0.463 e. The van der Waals surface area contributed by atoms with E-state index in [-0.39, 0.29) is 27.1 Å². The number of hydrogen-bond donors (Lipinski definition) is 0. The second-order valence-corrected chi connectivity index (χ2v) is 9.41. The van der Waals surface area contributed by atoms with Crippen molar-refractivity contribution in [1.29, 1.82) is 0 Å². The first-order valence-electron chi connectivity index (χ1n) is 9.11. The van der Waals surface area contributed by atoms with Crippen molar-refractivity contribution in [3.63, 3.8) is 0 Å². The van der Waals surface area contributed by atoms with Gasteiger partial charge in [-0.2, -0.15) is 4.31 Å². The summed E-state index contributed by atoms with van der Waals surface area (Å²) in [7, 11) is -3.94. The zero-order chi connectivity index (χ0) is 21.3. The summed E-state index contributed by atoms with van der Waals surface area (Å²) in [6, 6.07) is 9.99. The molecule has 0 fully saturated rings. The molecule has 2 aromatic carbocycles. The average Bonchev–Trinajstić information content (AvgIpc) is 3.02. The second-order valence-electron chi connectivity index (χ2n) is 6.78. The molecule has 154 valence electrons. The predicted octanol–water partition coefficient (Wildman–Crippen LogP) is 4.93. The first kappa shape index (κ1) is 21.8. The van der Waals surface area contributed by atoms with Crippen molar-refractivity contribution >= 4 is 39.2 Å². The number of nitrogens with zero attached hydrogens (tertiary/aromatic N) is 1. The van der Waals surface area contributed by atoms with Crippen LogP contribution in [0.3, 0.4) is 0 Å². The summed E-state index contributed by atoms with van der Waals surface area (Å²) in [5.41, 5.74) is 1.59. The van der Waals surface area contributed by atoms with Gasteiger partial charge in [-0.15, -0.1) is 0 Å². The first-order chi connectivity index (χ1) is 13.7. The van der Waals surface area contributed by atoms with Crippen molar-refractivity contribution in [2.75, 3.05) is 6.61 Å². The van der Waals surface area contributed by atoms with E-state index in [2.05, 4.69) is 0 Å². The minimum atomic E-state index is -3.94. The van der Waals surface area contributed by atoms with Crippen LogP contribution in [0.15, 0.2) is 59.0 Å². The molecule has 0 aliphatic carbocycles. The third-order valence-corrected chi connectivity index (χ3v) is 7.55. The summed E-state index contributed by atoms with van der Waals surface area (Å²) >= 11 is 12.6. The zero-order valence-electron chi connectivity index (χ0n) is 16.2. The smallest absolute Gasteiger partial charge is 0.335 e. The minimum absolute atomic E-state index is 0.136. The number of halogens is 2. The zero-order valence-corrected chi connectivity index (χ0v) is 18.6. The summed E-state index contributed by atoms with van der Waals surface area (Å²) in [5.74, 6) is -0.581. The van der Waals surface area contributed by atoms with Crippen LogP contribution in [0.5, 0.6) is 0 Å². The number of carbonyl (C=O) groups excluding carboxylic acids is 1. The van der Waals surface area contributed by atoms with Gasteiger partial charge in [0.05, 0.1) is 33.2 Å². The standard InChI is InChI=1S/C21H21Cl2NO4S/c1-4-28-21(25)17-12-14(3)24(20(17)16-6-5-7-18(22)19(16)23)29(26,27)15-10-8-13(2)9-11-15/h5-12,14,20H,4H2,1-3H3/t14-,20+/m1/s1. The van der Waals surface area contributed by atoms with Crippen LogP contribution < -0.4 is 0 Å². The van der Waals surface area contributed by atoms with Crippen LogP contribution in [-0.4, -0.2) is 31.3 Å². The van der Waals surface area contributed by atoms with E-state index in [4.69, 9.17) is 27.9 Å². The lowest BCUT2D eigenvalue weighted by Crippen LogP contribution is -2.38. The topological polar surface area (TPSA) is 63.7 Å². The number of benzene rings is 2. The molecule has 5 nitrogen and oxygen atoms in total. The molecule has 1 aliphatic rings. The van der Waals surface area contributed by atoms with Crippen LogP contribution >= 0.6 is 23.2 Å². The fraction of sp³-hybridized carbons (Fsp3) is 0.286. The molecule has 0 aromatic heterocycles. The van der Waals surface area contributed by atoms with Crippen LogP contribution in [0.2, 0.25) is 10.0 Å². The molecule has 0 saturated carbocycles. The van der Waals surface area contributed by atoms with E-state index in [0.717, 1.165) is 5.56 Å². The van der Waals surface area contributed by atoms with Crippen LogP contribution in [-0.2, 0) is 19.6 Å². The summed E-state index contributed by atoms with van der Waals surface area (Å²) in [6.07, 6.45) is 1.60. The molecule has 2 aromatic rings. The Kier molecular flexibility index (Phi) is 6.39. The predicted molar refractivity (Wildman–Crippen MR) is 114 cm³/mol. The highest BCUT2D eigenvalue weighted by Gasteiger charge is 2.45. The fourth-order valence-corrected chi connectivity index (χ4v) is 5.55. The molecule has 0 unspecified atom stereocenters. The molecule has 0 N–H and O–H groups in total. The Hall–Kier alpha value is -1.86. The maximum absolute atomic E-state index is 13.5. The molecule has 1 heterocycles. The number of esters is 1. The van der Waals surface area contributed by atoms with Crippen LogP contribution in [0.4, 0.5) is 0 Å². The fourth-order valence-electron chi connectivity index (χ4n) is 3.42. The highest BCUT2D eigenvalue weighted by Crippen LogP contribution is 2.44. The molecule has 3 rings (SSSR count). The highest BCUT2D eigenvalue weighted by atomic mass is 35.5. The number of ether oxygens (including phenoxy) is 1. The Labute approximate surface area is 180 Å². The number of carbonyl (C=O) groups is 1. The van der Waals surface area contributed by atoms with E-state index in [0.29, 0.717) is 5.56 Å². The van der Waals surface area contributed by atoms with Crippen molar-refractivity contribution in [3.05, 3.63) is 75.3 Å². The molecule has 0 amide bonds. The summed E-state index contributed by atoms with van der Waals surface area (Å²) in [5, 5.41) is 0.479. The normalized spacial score (nSPS) is 19.8. The monoisotopic (exact) mass is 453 g/mol. The molecule has 2 atom stereocenters. The molecule has 0 spiro atoms. The van der Waals surface area contributed by atoms with Gasteiger partial charge in [0.15, 0.2) is 0 Å². The van der Waals surface area contributed by atoms with E-state index < -0.39 is 28.1 Å². The van der Waals surface area contributed by atoms with Gasteiger partial charge in [-0.3, -0.25) is 0 Å². The molecule has 0 saturated heterocycles. The van der Waals surface area contributed by atoms with Crippen molar-refractivity contribution in [1.82, 2.24) is 4.31 Å². The van der Waals surface area contributed by atoms with E-state index >= 15 is 0 Å². The average molecular weight is 454 g/mol. The lowest BCUT2D eigenvalue weighted by Gasteiger charge is -2.30. The SMILES string of the molecule is CCOC(=O)C1=C[C@@H](C)N(S(=O)(=O)c2ccc(C)cc2)[C@H]1c1cccc(Cl)c1Cl. The van der Waals surface area contributed by atoms with Gasteiger partial charge in [0, 0.05) is 6.04 Å². The van der Waals surface area contributed by atoms with Crippen molar-refractivity contribution in [2.24, 2.45) is 0 Å². The van der Waals surface area contributed by atoms with Gasteiger partial charge in [-0.1, -0.05) is 59.1 Å². The number of aryl methyl sites for hydroxylation is 1. The van der Waals surface area contributed by atoms with Crippen molar-refractivity contribution in [2.45, 2.75) is 37.8 Å². The van der Waals surface area contributed by atoms with Crippen LogP contribution in [0.1, 0.15) is 31.0 Å². The van der Waals surface area contributed by atoms with Crippen LogP contribution in [0.25, 0.3) is 0 Å². The largest absolute Gasteiger partial charge is 0.463 e. The van der Waals surface area contributed by atoms with Crippen molar-refractivity contribution < 1.29 is 17.9 Å². The molecule has 0 bridgehead atoms. The van der Waals surface area contributed by atoms with E-state index in [1.54, 1.807) is 62.4 Å². The van der Waals surface area contributed by atoms with Gasteiger partial charge in [0.2, 0.25) is 10.0 Å². The lowest BCUT2D eigenvalue weighted by molar-refractivity contribution is -0.138. The third-order valence-electron chi connectivity index (χ3n) is 4.75. The quantitative estimate of drug-likeness (QED) is 0.602. The Bertz CT molecular complexity index is 1060. The Morgan fingerprint density at radius 3 is 2.41 bits per heavy atom. The molecular weight excluding hydrogens is 433 g/mol. The number of sulfonamides is 1. The molecule has 29 heavy (non-hydrogen) atoms. The maximum atomic E-state index is 13.5. The van der Waals surface area contributed by atoms with Gasteiger partial charge in [-0.05, 0) is 44.5 Å². The van der Waals surface area contributed by atoms with Gasteiger partial charge in [0.25, 0.3) is 0 Å². The molecule has 0 radical (unpaired) electrons. The van der Waals surface area contributed by atoms with E-state index in [9.17, 15) is 13.2 Å². The number of hydrogen-bond acceptors (Lipinski definition) is 4. The Balaban J connectivity index is 2.18. The summed E-state index contributed by atoms with van der Waals surface area (Å²) < 4.78 is 33.5. The van der Waals surface area contributed by atoms with Gasteiger partial charge < -0.3 is 4.74 Å². The van der Waals surface area contributed by atoms with Gasteiger partial charge in [0.1, 0.15) is 0 Å². The highest BCUT2D eigenvalue weighted by molar-refractivity contribution is 7.89. The Morgan fingerprint density at radius 2 is 1.79 bits per heavy atom. The molecule has 1 aliphatic heterocycles. The first-order valence-corrected chi connectivity index (χ1v) is 11.3. The van der Waals surface area contributed by atoms with Crippen LogP contribution in [0, 0.1) is 6.92 Å². The molecule has 8 heteroatoms. The third kappa shape index (κ3) is 4.08. The second kappa shape index (κ2) is 8.48. The Morgan fingerprint density at radius 1 is 1.14 bits per heavy atom. The van der Waals surface area contributed by atoms with E-state index in [1.807, 2.05) is 6.92 Å². The summed E-state index contributed by atoms with van der Waals surface area (Å²) in [6.45, 7) is 5.46. The summed E-state index contributed by atoms with van der Waals surface area (Å²) in [4.78, 5) is 12.8. The lowest BCUT2D eigenvalue weighted by atomic mass is 10.0. The maximum Gasteiger partial charge on any atom is 0.335 e. The van der Waals surface area contributed by atoms with E-state index in [1.165, 1.54) is 4.31 Å². The number of rotatable bonds is 5. The van der Waals surface area contributed by atoms with Gasteiger partial charge in [-0.25, -0.2) is 13.2 Å². The van der Waals surface area contributed by atoms with Crippen molar-refractivity contribution in [3.8, 4) is 0 Å².